The maximum Gasteiger partial charge on any atom is 0.274 e. The smallest absolute Gasteiger partial charge is 0.274 e. The predicted octanol–water partition coefficient (Wildman–Crippen LogP) is 2.43. The number of hydrogen-bond acceptors (Lipinski definition) is 4. The molecule has 0 aliphatic carbocycles. The van der Waals surface area contributed by atoms with Gasteiger partial charge in [0, 0.05) is 38.4 Å². The van der Waals surface area contributed by atoms with Crippen molar-refractivity contribution in [2.45, 2.75) is 32.7 Å². The van der Waals surface area contributed by atoms with E-state index in [2.05, 4.69) is 22.2 Å². The van der Waals surface area contributed by atoms with Crippen LogP contribution in [-0.2, 0) is 11.3 Å². The monoisotopic (exact) mass is 340 g/mol. The van der Waals surface area contributed by atoms with Crippen LogP contribution < -0.4 is 5.32 Å². The highest BCUT2D eigenvalue weighted by Gasteiger charge is 2.17. The summed E-state index contributed by atoms with van der Waals surface area (Å²) in [6.07, 6.45) is 6.61. The number of hydrogen-bond donors (Lipinski definition) is 1. The van der Waals surface area contributed by atoms with Crippen molar-refractivity contribution in [1.82, 2.24) is 20.2 Å². The van der Waals surface area contributed by atoms with Crippen LogP contribution in [0.5, 0.6) is 0 Å². The zero-order valence-electron chi connectivity index (χ0n) is 14.5. The second kappa shape index (κ2) is 10.2. The van der Waals surface area contributed by atoms with Gasteiger partial charge in [-0.3, -0.25) is 14.6 Å². The van der Waals surface area contributed by atoms with E-state index in [9.17, 15) is 9.59 Å². The van der Waals surface area contributed by atoms with Gasteiger partial charge in [-0.2, -0.15) is 0 Å². The van der Waals surface area contributed by atoms with E-state index in [1.54, 1.807) is 4.90 Å². The topological polar surface area (TPSA) is 75.2 Å². The van der Waals surface area contributed by atoms with Crippen molar-refractivity contribution in [2.24, 2.45) is 0 Å². The minimum absolute atomic E-state index is 0.0719. The van der Waals surface area contributed by atoms with Gasteiger partial charge in [-0.05, 0) is 12.0 Å². The molecule has 1 aromatic heterocycles. The van der Waals surface area contributed by atoms with E-state index in [0.29, 0.717) is 25.3 Å². The molecule has 0 bridgehead atoms. The van der Waals surface area contributed by atoms with E-state index in [4.69, 9.17) is 0 Å². The molecule has 0 atom stereocenters. The van der Waals surface area contributed by atoms with Crippen LogP contribution in [0.2, 0.25) is 0 Å². The van der Waals surface area contributed by atoms with Gasteiger partial charge >= 0.3 is 0 Å². The van der Waals surface area contributed by atoms with Crippen molar-refractivity contribution in [3.05, 3.63) is 60.2 Å². The Morgan fingerprint density at radius 1 is 1.12 bits per heavy atom. The molecule has 0 unspecified atom stereocenters. The normalized spacial score (nSPS) is 10.3. The van der Waals surface area contributed by atoms with Crippen molar-refractivity contribution >= 4 is 11.8 Å². The standard InChI is InChI=1S/C19H24N4O2/c1-2-3-12-23(19(25)17-15-20-10-11-21-17)13-9-18(24)22-14-16-7-5-4-6-8-16/h4-8,10-11,15H,2-3,9,12-14H2,1H3,(H,22,24). The third-order valence-electron chi connectivity index (χ3n) is 3.79. The lowest BCUT2D eigenvalue weighted by Crippen LogP contribution is -2.36. The summed E-state index contributed by atoms with van der Waals surface area (Å²) in [7, 11) is 0. The first-order valence-electron chi connectivity index (χ1n) is 8.56. The molecular formula is C19H24N4O2. The number of benzene rings is 1. The summed E-state index contributed by atoms with van der Waals surface area (Å²) < 4.78 is 0. The number of amides is 2. The molecule has 1 aromatic carbocycles. The zero-order valence-corrected chi connectivity index (χ0v) is 14.5. The second-order valence-corrected chi connectivity index (χ2v) is 5.75. The Balaban J connectivity index is 1.86. The molecule has 0 radical (unpaired) electrons. The lowest BCUT2D eigenvalue weighted by atomic mass is 10.2. The van der Waals surface area contributed by atoms with Crippen molar-refractivity contribution in [1.29, 1.82) is 0 Å². The number of nitrogens with zero attached hydrogens (tertiary/aromatic N) is 3. The first kappa shape index (κ1) is 18.6. The number of rotatable bonds is 9. The van der Waals surface area contributed by atoms with Crippen LogP contribution in [-0.4, -0.2) is 39.8 Å². The summed E-state index contributed by atoms with van der Waals surface area (Å²) >= 11 is 0. The Bertz CT molecular complexity index is 662. The van der Waals surface area contributed by atoms with Gasteiger partial charge in [-0.25, -0.2) is 4.98 Å². The quantitative estimate of drug-likeness (QED) is 0.761. The third-order valence-corrected chi connectivity index (χ3v) is 3.79. The van der Waals surface area contributed by atoms with E-state index < -0.39 is 0 Å². The highest BCUT2D eigenvalue weighted by atomic mass is 16.2. The van der Waals surface area contributed by atoms with Gasteiger partial charge < -0.3 is 10.2 Å². The van der Waals surface area contributed by atoms with Crippen LogP contribution in [0, 0.1) is 0 Å². The molecule has 2 rings (SSSR count). The van der Waals surface area contributed by atoms with Crippen molar-refractivity contribution in [3.8, 4) is 0 Å². The molecular weight excluding hydrogens is 316 g/mol. The van der Waals surface area contributed by atoms with E-state index in [1.807, 2.05) is 30.3 Å². The molecule has 2 aromatic rings. The van der Waals surface area contributed by atoms with Gasteiger partial charge in [0.25, 0.3) is 5.91 Å². The van der Waals surface area contributed by atoms with Crippen LogP contribution in [0.4, 0.5) is 0 Å². The van der Waals surface area contributed by atoms with Crippen molar-refractivity contribution < 1.29 is 9.59 Å². The number of carbonyl (C=O) groups excluding carboxylic acids is 2. The predicted molar refractivity (Wildman–Crippen MR) is 95.7 cm³/mol. The largest absolute Gasteiger partial charge is 0.352 e. The number of unbranched alkanes of at least 4 members (excludes halogenated alkanes) is 1. The maximum absolute atomic E-state index is 12.5. The second-order valence-electron chi connectivity index (χ2n) is 5.75. The van der Waals surface area contributed by atoms with Crippen LogP contribution in [0.3, 0.4) is 0 Å². The summed E-state index contributed by atoms with van der Waals surface area (Å²) in [4.78, 5) is 34.3. The van der Waals surface area contributed by atoms with Gasteiger partial charge in [0.1, 0.15) is 5.69 Å². The molecule has 6 heteroatoms. The summed E-state index contributed by atoms with van der Waals surface area (Å²) in [5.41, 5.74) is 1.36. The number of carbonyl (C=O) groups is 2. The lowest BCUT2D eigenvalue weighted by molar-refractivity contribution is -0.121. The minimum atomic E-state index is -0.183. The van der Waals surface area contributed by atoms with Gasteiger partial charge in [-0.1, -0.05) is 43.7 Å². The van der Waals surface area contributed by atoms with Gasteiger partial charge in [0.15, 0.2) is 0 Å². The average molecular weight is 340 g/mol. The molecule has 1 N–H and O–H groups in total. The highest BCUT2D eigenvalue weighted by Crippen LogP contribution is 2.05. The van der Waals surface area contributed by atoms with E-state index in [1.165, 1.54) is 18.6 Å². The fraction of sp³-hybridized carbons (Fsp3) is 0.368. The van der Waals surface area contributed by atoms with Crippen LogP contribution in [0.15, 0.2) is 48.9 Å². The molecule has 25 heavy (non-hydrogen) atoms. The maximum atomic E-state index is 12.5. The zero-order chi connectivity index (χ0) is 17.9. The number of nitrogens with one attached hydrogen (secondary N) is 1. The van der Waals surface area contributed by atoms with E-state index in [0.717, 1.165) is 18.4 Å². The Labute approximate surface area is 148 Å². The van der Waals surface area contributed by atoms with E-state index in [-0.39, 0.29) is 18.2 Å². The fourth-order valence-corrected chi connectivity index (χ4v) is 2.36. The average Bonchev–Trinajstić information content (AvgIpc) is 2.67. The Morgan fingerprint density at radius 2 is 1.92 bits per heavy atom. The van der Waals surface area contributed by atoms with Crippen LogP contribution in [0.1, 0.15) is 42.2 Å². The summed E-state index contributed by atoms with van der Waals surface area (Å²) in [5, 5.41) is 2.88. The van der Waals surface area contributed by atoms with E-state index >= 15 is 0 Å². The SMILES string of the molecule is CCCCN(CCC(=O)NCc1ccccc1)C(=O)c1cnccn1. The van der Waals surface area contributed by atoms with Crippen molar-refractivity contribution in [2.75, 3.05) is 13.1 Å². The molecule has 1 heterocycles. The van der Waals surface area contributed by atoms with Crippen LogP contribution >= 0.6 is 0 Å². The molecule has 2 amide bonds. The molecule has 0 saturated heterocycles. The molecule has 0 aliphatic rings. The molecule has 132 valence electrons. The van der Waals surface area contributed by atoms with Gasteiger partial charge in [0.05, 0.1) is 6.20 Å². The van der Waals surface area contributed by atoms with Gasteiger partial charge in [0.2, 0.25) is 5.91 Å². The summed E-state index contributed by atoms with van der Waals surface area (Å²) in [6, 6.07) is 9.74. The first-order valence-corrected chi connectivity index (χ1v) is 8.56. The Kier molecular flexibility index (Phi) is 7.56. The Morgan fingerprint density at radius 3 is 2.60 bits per heavy atom. The summed E-state index contributed by atoms with van der Waals surface area (Å²) in [5.74, 6) is -0.255. The summed E-state index contributed by atoms with van der Waals surface area (Å²) in [6.45, 7) is 3.54. The van der Waals surface area contributed by atoms with Crippen LogP contribution in [0.25, 0.3) is 0 Å². The Hall–Kier alpha value is -2.76. The number of aromatic nitrogens is 2. The molecule has 6 nitrogen and oxygen atoms in total. The first-order chi connectivity index (χ1) is 12.2. The molecule has 0 spiro atoms. The minimum Gasteiger partial charge on any atom is -0.352 e. The van der Waals surface area contributed by atoms with Crippen molar-refractivity contribution in [3.63, 3.8) is 0 Å². The lowest BCUT2D eigenvalue weighted by Gasteiger charge is -2.21. The van der Waals surface area contributed by atoms with Gasteiger partial charge in [-0.15, -0.1) is 0 Å². The molecule has 0 saturated carbocycles. The molecule has 0 aliphatic heterocycles. The highest BCUT2D eigenvalue weighted by molar-refractivity contribution is 5.92. The molecule has 0 fully saturated rings. The fourth-order valence-electron chi connectivity index (χ4n) is 2.36. The third kappa shape index (κ3) is 6.33.